The number of nitrogens with zero attached hydrogens (tertiary/aromatic N) is 1. The van der Waals surface area contributed by atoms with E-state index in [9.17, 15) is 14.7 Å². The number of aryl methyl sites for hydroxylation is 1. The summed E-state index contributed by atoms with van der Waals surface area (Å²) in [7, 11) is 1.55. The summed E-state index contributed by atoms with van der Waals surface area (Å²) in [6, 6.07) is 18.1. The molecule has 1 heterocycles. The first kappa shape index (κ1) is 23.4. The Balaban J connectivity index is 1.94. The molecule has 0 aromatic heterocycles. The van der Waals surface area contributed by atoms with Crippen LogP contribution in [0.2, 0.25) is 5.02 Å². The van der Waals surface area contributed by atoms with Crippen molar-refractivity contribution in [1.82, 2.24) is 0 Å². The largest absolute Gasteiger partial charge is 0.507 e. The molecule has 0 aliphatic carbocycles. The summed E-state index contributed by atoms with van der Waals surface area (Å²) in [6.45, 7) is 4.14. The lowest BCUT2D eigenvalue weighted by Crippen LogP contribution is -2.29. The maximum Gasteiger partial charge on any atom is 0.300 e. The fourth-order valence-corrected chi connectivity index (χ4v) is 4.26. The second-order valence-electron chi connectivity index (χ2n) is 7.83. The molecule has 34 heavy (non-hydrogen) atoms. The Morgan fingerprint density at radius 1 is 1.03 bits per heavy atom. The number of carbonyl (C=O) groups excluding carboxylic acids is 2. The normalized spacial score (nSPS) is 17.2. The van der Waals surface area contributed by atoms with Gasteiger partial charge in [-0.05, 0) is 79.6 Å². The molecule has 1 aliphatic rings. The number of rotatable bonds is 6. The lowest BCUT2D eigenvalue weighted by molar-refractivity contribution is -0.132. The molecule has 4 rings (SSSR count). The zero-order valence-corrected chi connectivity index (χ0v) is 19.8. The minimum atomic E-state index is -0.858. The monoisotopic (exact) mass is 477 g/mol. The number of Topliss-reactive ketones (excluding diaryl/α,β-unsaturated/α-hetero) is 1. The number of benzene rings is 3. The third-order valence-electron chi connectivity index (χ3n) is 5.72. The van der Waals surface area contributed by atoms with Crippen LogP contribution in [0.5, 0.6) is 11.5 Å². The van der Waals surface area contributed by atoms with Crippen molar-refractivity contribution in [3.63, 3.8) is 0 Å². The number of hydrogen-bond acceptors (Lipinski definition) is 5. The van der Waals surface area contributed by atoms with Crippen molar-refractivity contribution in [3.05, 3.63) is 94.0 Å². The summed E-state index contributed by atoms with van der Waals surface area (Å²) < 4.78 is 10.9. The highest BCUT2D eigenvalue weighted by Crippen LogP contribution is 2.43. The van der Waals surface area contributed by atoms with Gasteiger partial charge in [-0.1, -0.05) is 23.7 Å². The number of anilines is 1. The second kappa shape index (κ2) is 9.61. The van der Waals surface area contributed by atoms with E-state index in [-0.39, 0.29) is 11.3 Å². The Kier molecular flexibility index (Phi) is 6.61. The van der Waals surface area contributed by atoms with Gasteiger partial charge in [-0.2, -0.15) is 0 Å². The van der Waals surface area contributed by atoms with E-state index in [1.807, 2.05) is 6.92 Å². The van der Waals surface area contributed by atoms with Crippen molar-refractivity contribution < 1.29 is 24.2 Å². The van der Waals surface area contributed by atoms with Gasteiger partial charge in [0.05, 0.1) is 25.3 Å². The number of halogens is 1. The number of hydrogen-bond donors (Lipinski definition) is 1. The zero-order chi connectivity index (χ0) is 24.4. The maximum atomic E-state index is 13.3. The van der Waals surface area contributed by atoms with Crippen molar-refractivity contribution in [2.75, 3.05) is 18.6 Å². The van der Waals surface area contributed by atoms with Crippen molar-refractivity contribution in [3.8, 4) is 11.5 Å². The van der Waals surface area contributed by atoms with Crippen LogP contribution in [0, 0.1) is 6.92 Å². The topological polar surface area (TPSA) is 76.1 Å². The van der Waals surface area contributed by atoms with Crippen molar-refractivity contribution in [1.29, 1.82) is 0 Å². The molecule has 3 aromatic carbocycles. The molecular weight excluding hydrogens is 454 g/mol. The zero-order valence-electron chi connectivity index (χ0n) is 19.0. The van der Waals surface area contributed by atoms with Crippen LogP contribution in [0.3, 0.4) is 0 Å². The van der Waals surface area contributed by atoms with E-state index in [0.29, 0.717) is 45.5 Å². The minimum absolute atomic E-state index is 0.00173. The molecule has 174 valence electrons. The first-order chi connectivity index (χ1) is 16.3. The molecule has 0 radical (unpaired) electrons. The second-order valence-corrected chi connectivity index (χ2v) is 8.27. The van der Waals surface area contributed by atoms with Gasteiger partial charge in [0.25, 0.3) is 11.7 Å². The summed E-state index contributed by atoms with van der Waals surface area (Å²) in [6.07, 6.45) is 0. The van der Waals surface area contributed by atoms with Gasteiger partial charge < -0.3 is 14.6 Å². The molecule has 0 bridgehead atoms. The Morgan fingerprint density at radius 2 is 1.76 bits per heavy atom. The lowest BCUT2D eigenvalue weighted by Gasteiger charge is -2.26. The van der Waals surface area contributed by atoms with Crippen LogP contribution in [0.4, 0.5) is 5.69 Å². The van der Waals surface area contributed by atoms with Crippen LogP contribution >= 0.6 is 11.6 Å². The van der Waals surface area contributed by atoms with Gasteiger partial charge >= 0.3 is 0 Å². The highest BCUT2D eigenvalue weighted by Gasteiger charge is 2.47. The summed E-state index contributed by atoms with van der Waals surface area (Å²) in [5.41, 5.74) is 2.27. The van der Waals surface area contributed by atoms with E-state index in [0.717, 1.165) is 0 Å². The first-order valence-corrected chi connectivity index (χ1v) is 11.2. The molecule has 1 fully saturated rings. The van der Waals surface area contributed by atoms with Crippen molar-refractivity contribution >= 4 is 34.7 Å². The molecule has 1 aliphatic heterocycles. The molecule has 1 amide bonds. The van der Waals surface area contributed by atoms with Gasteiger partial charge in [0.2, 0.25) is 0 Å². The Labute approximate surface area is 203 Å². The smallest absolute Gasteiger partial charge is 0.300 e. The average molecular weight is 478 g/mol. The fraction of sp³-hybridized carbons (Fsp3) is 0.185. The number of ketones is 1. The molecule has 1 unspecified atom stereocenters. The molecule has 7 heteroatoms. The van der Waals surface area contributed by atoms with E-state index in [2.05, 4.69) is 0 Å². The molecule has 3 aromatic rings. The van der Waals surface area contributed by atoms with Crippen molar-refractivity contribution in [2.24, 2.45) is 0 Å². The number of carbonyl (C=O) groups is 2. The number of aliphatic hydroxyl groups excluding tert-OH is 1. The van der Waals surface area contributed by atoms with E-state index >= 15 is 0 Å². The van der Waals surface area contributed by atoms with Crippen LogP contribution in [-0.2, 0) is 9.59 Å². The van der Waals surface area contributed by atoms with Gasteiger partial charge in [-0.3, -0.25) is 14.5 Å². The minimum Gasteiger partial charge on any atom is -0.507 e. The molecule has 1 atom stereocenters. The molecule has 1 saturated heterocycles. The number of methoxy groups -OCH3 is 1. The van der Waals surface area contributed by atoms with E-state index < -0.39 is 17.7 Å². The summed E-state index contributed by atoms with van der Waals surface area (Å²) in [4.78, 5) is 28.0. The predicted octanol–water partition coefficient (Wildman–Crippen LogP) is 5.68. The average Bonchev–Trinajstić information content (AvgIpc) is 3.10. The highest BCUT2D eigenvalue weighted by atomic mass is 35.5. The van der Waals surface area contributed by atoms with Crippen LogP contribution in [0.15, 0.2) is 72.3 Å². The first-order valence-electron chi connectivity index (χ1n) is 10.8. The number of aliphatic hydroxyl groups is 1. The van der Waals surface area contributed by atoms with E-state index in [1.165, 1.54) is 4.90 Å². The van der Waals surface area contributed by atoms with Gasteiger partial charge in [0, 0.05) is 16.3 Å². The molecular formula is C27H24ClNO5. The maximum absolute atomic E-state index is 13.3. The van der Waals surface area contributed by atoms with E-state index in [4.69, 9.17) is 21.1 Å². The quantitative estimate of drug-likeness (QED) is 0.281. The summed E-state index contributed by atoms with van der Waals surface area (Å²) in [5, 5.41) is 11.9. The predicted molar refractivity (Wildman–Crippen MR) is 132 cm³/mol. The summed E-state index contributed by atoms with van der Waals surface area (Å²) in [5.74, 6) is -0.530. The molecule has 0 spiro atoms. The Bertz CT molecular complexity index is 1280. The third kappa shape index (κ3) is 4.24. The highest BCUT2D eigenvalue weighted by molar-refractivity contribution is 6.51. The molecule has 0 saturated carbocycles. The molecule has 6 nitrogen and oxygen atoms in total. The van der Waals surface area contributed by atoms with Crippen LogP contribution in [0.25, 0.3) is 5.76 Å². The summed E-state index contributed by atoms with van der Waals surface area (Å²) >= 11 is 6.05. The number of ether oxygens (including phenoxy) is 2. The van der Waals surface area contributed by atoms with Crippen molar-refractivity contribution in [2.45, 2.75) is 19.9 Å². The van der Waals surface area contributed by atoms with Crippen LogP contribution < -0.4 is 14.4 Å². The van der Waals surface area contributed by atoms with Gasteiger partial charge in [-0.15, -0.1) is 0 Å². The number of amides is 1. The Hall–Kier alpha value is -3.77. The van der Waals surface area contributed by atoms with Gasteiger partial charge in [-0.25, -0.2) is 0 Å². The van der Waals surface area contributed by atoms with Crippen LogP contribution in [0.1, 0.15) is 29.7 Å². The molecule has 1 N–H and O–H groups in total. The third-order valence-corrected chi connectivity index (χ3v) is 5.97. The Morgan fingerprint density at radius 3 is 2.41 bits per heavy atom. The van der Waals surface area contributed by atoms with Gasteiger partial charge in [0.15, 0.2) is 0 Å². The van der Waals surface area contributed by atoms with Gasteiger partial charge in [0.1, 0.15) is 17.3 Å². The lowest BCUT2D eigenvalue weighted by atomic mass is 9.93. The van der Waals surface area contributed by atoms with E-state index in [1.54, 1.807) is 80.8 Å². The SMILES string of the molecule is CCOc1cccc(C2/C(=C(\O)c3ccc(OC)cc3C)C(=O)C(=O)N2c2ccc(Cl)cc2)c1. The standard InChI is InChI=1S/C27H24ClNO5/c1-4-34-21-7-5-6-17(15-21)24-23(25(30)22-13-12-20(33-3)14-16(22)2)26(31)27(32)29(24)19-10-8-18(28)9-11-19/h5-15,24,30H,4H2,1-3H3/b25-23+. The van der Waals surface area contributed by atoms with Crippen LogP contribution in [-0.4, -0.2) is 30.5 Å². The fourth-order valence-electron chi connectivity index (χ4n) is 4.13.